The smallest absolute Gasteiger partial charge is 0.416 e. The molecule has 4 rings (SSSR count). The highest BCUT2D eigenvalue weighted by Gasteiger charge is 2.37. The predicted molar refractivity (Wildman–Crippen MR) is 132 cm³/mol. The summed E-state index contributed by atoms with van der Waals surface area (Å²) in [6.45, 7) is 0.0310. The van der Waals surface area contributed by atoms with Gasteiger partial charge in [-0.2, -0.15) is 13.2 Å². The van der Waals surface area contributed by atoms with Gasteiger partial charge in [0.2, 0.25) is 0 Å². The van der Waals surface area contributed by atoms with Crippen molar-refractivity contribution in [1.82, 2.24) is 9.80 Å². The first-order valence-corrected chi connectivity index (χ1v) is 12.2. The number of aliphatic hydroxyl groups is 1. The Morgan fingerprint density at radius 2 is 1.97 bits per heavy atom. The van der Waals surface area contributed by atoms with Crippen molar-refractivity contribution in [2.24, 2.45) is 0 Å². The molecule has 1 saturated heterocycles. The largest absolute Gasteiger partial charge is 0.493 e. The molecule has 0 saturated carbocycles. The van der Waals surface area contributed by atoms with Gasteiger partial charge in [-0.3, -0.25) is 10.2 Å². The average Bonchev–Trinajstić information content (AvgIpc) is 3.37. The molecule has 0 bridgehead atoms. The van der Waals surface area contributed by atoms with Gasteiger partial charge in [0.25, 0.3) is 0 Å². The van der Waals surface area contributed by atoms with Crippen LogP contribution in [0.2, 0.25) is 5.02 Å². The van der Waals surface area contributed by atoms with E-state index in [1.54, 1.807) is 24.3 Å². The first-order chi connectivity index (χ1) is 17.6. The van der Waals surface area contributed by atoms with Crippen LogP contribution in [0, 0.1) is 5.41 Å². The van der Waals surface area contributed by atoms with E-state index >= 15 is 0 Å². The zero-order valence-electron chi connectivity index (χ0n) is 19.8. The number of amides is 2. The van der Waals surface area contributed by atoms with Crippen LogP contribution >= 0.6 is 11.6 Å². The van der Waals surface area contributed by atoms with Crippen molar-refractivity contribution in [2.75, 3.05) is 19.8 Å². The first-order valence-electron chi connectivity index (χ1n) is 11.8. The normalized spacial score (nSPS) is 19.2. The lowest BCUT2D eigenvalue weighted by Gasteiger charge is -2.40. The number of nitrogens with two attached hydrogens (primary N) is 1. The van der Waals surface area contributed by atoms with Crippen LogP contribution in [0.25, 0.3) is 5.41 Å². The molecular formula is C25H27ClF3N5O3. The van der Waals surface area contributed by atoms with Crippen LogP contribution in [-0.4, -0.2) is 58.4 Å². The number of fused-ring (bicyclic) bond motifs is 1. The minimum absolute atomic E-state index is 0.0967. The molecule has 8 nitrogen and oxygen atoms in total. The van der Waals surface area contributed by atoms with E-state index in [1.807, 2.05) is 0 Å². The van der Waals surface area contributed by atoms with Crippen molar-refractivity contribution in [2.45, 2.75) is 44.1 Å². The zero-order valence-corrected chi connectivity index (χ0v) is 20.6. The fraction of sp³-hybridized carbons (Fsp3) is 0.400. The van der Waals surface area contributed by atoms with Crippen molar-refractivity contribution in [3.05, 3.63) is 69.6 Å². The van der Waals surface area contributed by atoms with Crippen LogP contribution < -0.4 is 10.1 Å². The van der Waals surface area contributed by atoms with Gasteiger partial charge in [-0.05, 0) is 55.3 Å². The minimum Gasteiger partial charge on any atom is -0.493 e. The molecule has 0 radical (unpaired) electrons. The molecule has 2 atom stereocenters. The molecule has 2 aromatic carbocycles. The summed E-state index contributed by atoms with van der Waals surface area (Å²) in [5.74, 6) is -0.349. The number of benzene rings is 2. The van der Waals surface area contributed by atoms with Crippen LogP contribution in [0.5, 0.6) is 5.75 Å². The summed E-state index contributed by atoms with van der Waals surface area (Å²) < 4.78 is 44.7. The second kappa shape index (κ2) is 11.1. The first kappa shape index (κ1) is 26.9. The Bertz CT molecular complexity index is 1180. The van der Waals surface area contributed by atoms with E-state index in [0.29, 0.717) is 36.4 Å². The molecule has 12 heteroatoms. The lowest BCUT2D eigenvalue weighted by molar-refractivity contribution is -0.610. The van der Waals surface area contributed by atoms with E-state index in [9.17, 15) is 28.5 Å². The van der Waals surface area contributed by atoms with Gasteiger partial charge in [0.15, 0.2) is 0 Å². The lowest BCUT2D eigenvalue weighted by Crippen LogP contribution is -2.92. The fourth-order valence-corrected chi connectivity index (χ4v) is 4.81. The van der Waals surface area contributed by atoms with Gasteiger partial charge in [0.1, 0.15) is 11.8 Å². The van der Waals surface area contributed by atoms with E-state index in [0.717, 1.165) is 17.7 Å². The van der Waals surface area contributed by atoms with Gasteiger partial charge in [0, 0.05) is 23.8 Å². The van der Waals surface area contributed by atoms with Gasteiger partial charge < -0.3 is 25.6 Å². The van der Waals surface area contributed by atoms with Crippen LogP contribution in [0.15, 0.2) is 42.5 Å². The Hall–Kier alpha value is -3.15. The van der Waals surface area contributed by atoms with E-state index in [2.05, 4.69) is 0 Å². The number of amidine groups is 2. The van der Waals surface area contributed by atoms with Gasteiger partial charge in [-0.25, -0.2) is 4.79 Å². The number of likely N-dealkylation sites (tertiary alicyclic amines) is 1. The number of hydrogen-bond acceptors (Lipinski definition) is 4. The number of rotatable bonds is 5. The Morgan fingerprint density at radius 1 is 1.24 bits per heavy atom. The maximum Gasteiger partial charge on any atom is 0.416 e. The molecule has 2 unspecified atom stereocenters. The van der Waals surface area contributed by atoms with E-state index in [4.69, 9.17) is 21.7 Å². The average molecular weight is 538 g/mol. The molecule has 4 N–H and O–H groups in total. The Balaban J connectivity index is 1.49. The van der Waals surface area contributed by atoms with Crippen LogP contribution in [0.4, 0.5) is 18.0 Å². The van der Waals surface area contributed by atoms with Crippen molar-refractivity contribution in [1.29, 1.82) is 5.41 Å². The summed E-state index contributed by atoms with van der Waals surface area (Å²) in [5.41, 5.74) is 0.432. The Kier molecular flexibility index (Phi) is 8.05. The molecule has 2 aromatic rings. The van der Waals surface area contributed by atoms with Gasteiger partial charge in [-0.15, -0.1) is 0 Å². The van der Waals surface area contributed by atoms with Crippen LogP contribution in [-0.2, 0) is 12.7 Å². The molecule has 2 heterocycles. The third kappa shape index (κ3) is 6.06. The standard InChI is InChI=1S/C25H26ClF3N5O3/c26-17-6-3-15(4-7-17)13-34(22(30)14-35)23(31)20-2-1-10-33(20)24(36)32-19-9-11-37-21-12-16(25(27,28)29)5-8-18(19)21/h3-8,12,19-20,30,35H,1-2,9-11,13-14H2,(H,32,36)/q-1/p+1. The summed E-state index contributed by atoms with van der Waals surface area (Å²) in [6.07, 6.45) is -2.99. The quantitative estimate of drug-likeness (QED) is 0.398. The molecule has 0 aliphatic carbocycles. The van der Waals surface area contributed by atoms with Crippen molar-refractivity contribution >= 4 is 29.3 Å². The van der Waals surface area contributed by atoms with Crippen molar-refractivity contribution < 1.29 is 33.1 Å². The number of nitrogens with one attached hydrogen (secondary N) is 1. The third-order valence-corrected chi connectivity index (χ3v) is 6.86. The third-order valence-electron chi connectivity index (χ3n) is 6.61. The maximum absolute atomic E-state index is 13.3. The molecule has 2 aliphatic heterocycles. The Morgan fingerprint density at radius 3 is 2.65 bits per heavy atom. The van der Waals surface area contributed by atoms with Crippen molar-refractivity contribution in [3.63, 3.8) is 0 Å². The van der Waals surface area contributed by atoms with Gasteiger partial charge in [0.05, 0.1) is 30.4 Å². The number of carbonyl (C=O) groups excluding carboxylic acids is 1. The predicted octanol–water partition coefficient (Wildman–Crippen LogP) is 3.77. The number of aliphatic hydroxyl groups excluding tert-OH is 1. The minimum atomic E-state index is -4.50. The summed E-state index contributed by atoms with van der Waals surface area (Å²) in [5, 5.41) is 30.9. The highest BCUT2D eigenvalue weighted by Crippen LogP contribution is 2.37. The second-order valence-electron chi connectivity index (χ2n) is 9.03. The molecule has 1 fully saturated rings. The maximum atomic E-state index is 13.3. The van der Waals surface area contributed by atoms with E-state index in [1.165, 1.54) is 21.2 Å². The SMILES string of the molecule is [N-]=C(C1CCCN1C(=O)[NH2+]C1CCOc2cc(C(F)(F)F)ccc21)N(Cc1ccc(Cl)cc1)C(=N)CO. The molecule has 2 aliphatic rings. The number of hydrogen-bond donors (Lipinski definition) is 3. The Labute approximate surface area is 217 Å². The number of quaternary nitrogens is 1. The summed E-state index contributed by atoms with van der Waals surface area (Å²) in [7, 11) is 0. The number of halogens is 4. The molecule has 0 aromatic heterocycles. The number of ether oxygens (including phenoxy) is 1. The summed E-state index contributed by atoms with van der Waals surface area (Å²) in [4.78, 5) is 16.1. The summed E-state index contributed by atoms with van der Waals surface area (Å²) in [6, 6.07) is 8.59. The summed E-state index contributed by atoms with van der Waals surface area (Å²) >= 11 is 5.94. The number of alkyl halides is 3. The fourth-order valence-electron chi connectivity index (χ4n) is 4.69. The molecule has 198 valence electrons. The molecule has 0 spiro atoms. The van der Waals surface area contributed by atoms with Crippen LogP contribution in [0.1, 0.15) is 42.0 Å². The van der Waals surface area contributed by atoms with Gasteiger partial charge in [-0.1, -0.05) is 29.6 Å². The molecule has 2 amide bonds. The van der Waals surface area contributed by atoms with Crippen molar-refractivity contribution in [3.8, 4) is 5.75 Å². The second-order valence-corrected chi connectivity index (χ2v) is 9.46. The number of primary amides is 1. The topological polar surface area (TPSA) is 116 Å². The highest BCUT2D eigenvalue weighted by molar-refractivity contribution is 6.30. The monoisotopic (exact) mass is 537 g/mol. The van der Waals surface area contributed by atoms with Crippen LogP contribution in [0.3, 0.4) is 0 Å². The number of urea groups is 1. The number of carbonyl (C=O) groups is 1. The van der Waals surface area contributed by atoms with E-state index in [-0.39, 0.29) is 36.6 Å². The lowest BCUT2D eigenvalue weighted by atomic mass is 9.98. The number of nitrogens with zero attached hydrogens (tertiary/aromatic N) is 3. The van der Waals surface area contributed by atoms with Gasteiger partial charge >= 0.3 is 12.2 Å². The zero-order chi connectivity index (χ0) is 26.7. The molecule has 37 heavy (non-hydrogen) atoms. The highest BCUT2D eigenvalue weighted by atomic mass is 35.5. The van der Waals surface area contributed by atoms with E-state index < -0.39 is 30.4 Å². The molecular weight excluding hydrogens is 511 g/mol.